The van der Waals surface area contributed by atoms with Crippen LogP contribution in [-0.2, 0) is 6.54 Å². The number of carbonyl (C=O) groups excluding carboxylic acids is 1. The number of benzene rings is 2. The minimum Gasteiger partial charge on any atom is -0.332 e. The lowest BCUT2D eigenvalue weighted by Gasteiger charge is -2.12. The zero-order valence-electron chi connectivity index (χ0n) is 15.1. The molecule has 0 aliphatic rings. The second-order valence-electron chi connectivity index (χ2n) is 6.40. The Bertz CT molecular complexity index is 1220. The zero-order valence-corrected chi connectivity index (χ0v) is 15.1. The van der Waals surface area contributed by atoms with Crippen molar-refractivity contribution >= 4 is 28.2 Å². The fourth-order valence-corrected chi connectivity index (χ4v) is 3.16. The number of carbonyl (C=O) groups is 1. The molecule has 0 radical (unpaired) electrons. The molecule has 0 aliphatic heterocycles. The predicted molar refractivity (Wildman–Crippen MR) is 106 cm³/mol. The molecule has 1 amide bonds. The first-order valence-electron chi connectivity index (χ1n) is 8.75. The normalized spacial score (nSPS) is 10.8. The lowest BCUT2D eigenvalue weighted by molar-refractivity contribution is -0.384. The maximum absolute atomic E-state index is 14.2. The molecule has 0 aliphatic carbocycles. The summed E-state index contributed by atoms with van der Waals surface area (Å²) in [5, 5.41) is 14.4. The van der Waals surface area contributed by atoms with Crippen LogP contribution in [0.2, 0.25) is 0 Å². The van der Waals surface area contributed by atoms with Crippen molar-refractivity contribution in [2.75, 3.05) is 5.32 Å². The summed E-state index contributed by atoms with van der Waals surface area (Å²) in [6.45, 7) is 0.104. The van der Waals surface area contributed by atoms with Gasteiger partial charge in [0, 0.05) is 46.7 Å². The average molecular weight is 390 g/mol. The molecule has 0 bridgehead atoms. The Balaban J connectivity index is 1.81. The molecule has 4 rings (SSSR count). The van der Waals surface area contributed by atoms with Gasteiger partial charge >= 0.3 is 0 Å². The number of non-ortho nitro benzene ring substituents is 1. The van der Waals surface area contributed by atoms with Crippen LogP contribution in [0.15, 0.2) is 73.1 Å². The van der Waals surface area contributed by atoms with Crippen molar-refractivity contribution in [3.8, 4) is 0 Å². The van der Waals surface area contributed by atoms with Gasteiger partial charge in [0.05, 0.1) is 11.5 Å². The summed E-state index contributed by atoms with van der Waals surface area (Å²) in [4.78, 5) is 27.4. The molecule has 144 valence electrons. The Hall–Kier alpha value is -4.07. The highest BCUT2D eigenvalue weighted by Crippen LogP contribution is 2.27. The van der Waals surface area contributed by atoms with E-state index in [4.69, 9.17) is 0 Å². The lowest BCUT2D eigenvalue weighted by Crippen LogP contribution is -2.17. The van der Waals surface area contributed by atoms with Gasteiger partial charge in [0.2, 0.25) is 0 Å². The van der Waals surface area contributed by atoms with E-state index < -0.39 is 16.6 Å². The van der Waals surface area contributed by atoms with E-state index in [9.17, 15) is 19.3 Å². The van der Waals surface area contributed by atoms with Crippen LogP contribution >= 0.6 is 0 Å². The highest BCUT2D eigenvalue weighted by atomic mass is 19.1. The number of aromatic nitrogens is 2. The van der Waals surface area contributed by atoms with E-state index in [1.54, 1.807) is 59.4 Å². The molecule has 0 fully saturated rings. The van der Waals surface area contributed by atoms with Crippen LogP contribution in [0.4, 0.5) is 15.8 Å². The van der Waals surface area contributed by atoms with Gasteiger partial charge in [0.1, 0.15) is 11.5 Å². The molecule has 0 atom stereocenters. The maximum atomic E-state index is 14.2. The van der Waals surface area contributed by atoms with Gasteiger partial charge in [-0.1, -0.05) is 18.2 Å². The number of pyridine rings is 1. The van der Waals surface area contributed by atoms with Crippen LogP contribution < -0.4 is 5.32 Å². The highest BCUT2D eigenvalue weighted by molar-refractivity contribution is 6.06. The van der Waals surface area contributed by atoms with Gasteiger partial charge in [0.25, 0.3) is 11.6 Å². The van der Waals surface area contributed by atoms with Gasteiger partial charge in [-0.25, -0.2) is 4.39 Å². The molecule has 0 unspecified atom stereocenters. The van der Waals surface area contributed by atoms with Crippen LogP contribution in [-0.4, -0.2) is 20.4 Å². The summed E-state index contributed by atoms with van der Waals surface area (Å²) in [5.41, 5.74) is 1.74. The third-order valence-electron chi connectivity index (χ3n) is 4.55. The topological polar surface area (TPSA) is 90.1 Å². The van der Waals surface area contributed by atoms with Crippen molar-refractivity contribution in [3.05, 3.63) is 100 Å². The number of rotatable bonds is 5. The second-order valence-corrected chi connectivity index (χ2v) is 6.40. The molecule has 29 heavy (non-hydrogen) atoms. The van der Waals surface area contributed by atoms with E-state index in [1.807, 2.05) is 0 Å². The third kappa shape index (κ3) is 3.68. The van der Waals surface area contributed by atoms with Gasteiger partial charge < -0.3 is 9.88 Å². The Morgan fingerprint density at radius 3 is 2.59 bits per heavy atom. The second kappa shape index (κ2) is 7.51. The van der Waals surface area contributed by atoms with Gasteiger partial charge in [0.15, 0.2) is 0 Å². The summed E-state index contributed by atoms with van der Waals surface area (Å²) >= 11 is 0. The number of nitro groups is 1. The number of nitro benzene ring substituents is 1. The van der Waals surface area contributed by atoms with Crippen molar-refractivity contribution in [1.82, 2.24) is 9.55 Å². The predicted octanol–water partition coefficient (Wildman–Crippen LogP) is 4.38. The number of amides is 1. The number of hydrogen-bond acceptors (Lipinski definition) is 4. The summed E-state index contributed by atoms with van der Waals surface area (Å²) in [7, 11) is 0. The number of nitrogens with one attached hydrogen (secondary N) is 1. The summed E-state index contributed by atoms with van der Waals surface area (Å²) in [6.07, 6.45) is 3.10. The fourth-order valence-electron chi connectivity index (χ4n) is 3.16. The Labute approximate surface area is 164 Å². The van der Waals surface area contributed by atoms with Crippen molar-refractivity contribution < 1.29 is 14.1 Å². The number of halogens is 1. The lowest BCUT2D eigenvalue weighted by atomic mass is 10.2. The van der Waals surface area contributed by atoms with Crippen LogP contribution in [0.3, 0.4) is 0 Å². The Morgan fingerprint density at radius 1 is 1.10 bits per heavy atom. The standard InChI is InChI=1S/C21H15FN4O3/c22-18-4-2-1-3-14(18)13-25-19-6-5-17(26(28)29)11-15(19)12-20(25)21(27)24-16-7-9-23-10-8-16/h1-12H,13H2,(H,23,24,27). The van der Waals surface area contributed by atoms with E-state index in [1.165, 1.54) is 18.2 Å². The van der Waals surface area contributed by atoms with Crippen LogP contribution in [0.25, 0.3) is 10.9 Å². The van der Waals surface area contributed by atoms with Gasteiger partial charge in [-0.2, -0.15) is 0 Å². The smallest absolute Gasteiger partial charge is 0.272 e. The molecule has 2 aromatic carbocycles. The SMILES string of the molecule is O=C(Nc1ccncc1)c1cc2cc([N+](=O)[O-])ccc2n1Cc1ccccc1F. The van der Waals surface area contributed by atoms with Crippen LogP contribution in [0.5, 0.6) is 0 Å². The first-order valence-corrected chi connectivity index (χ1v) is 8.75. The molecule has 0 saturated carbocycles. The summed E-state index contributed by atoms with van der Waals surface area (Å²) in [5.74, 6) is -0.803. The first-order chi connectivity index (χ1) is 14.0. The maximum Gasteiger partial charge on any atom is 0.272 e. The first kappa shape index (κ1) is 18.3. The molecule has 2 aromatic heterocycles. The number of hydrogen-bond donors (Lipinski definition) is 1. The molecule has 1 N–H and O–H groups in total. The number of nitrogens with zero attached hydrogens (tertiary/aromatic N) is 3. The fraction of sp³-hybridized carbons (Fsp3) is 0.0476. The summed E-state index contributed by atoms with van der Waals surface area (Å²) < 4.78 is 15.9. The van der Waals surface area contributed by atoms with Crippen molar-refractivity contribution in [3.63, 3.8) is 0 Å². The molecule has 8 heteroatoms. The Kier molecular flexibility index (Phi) is 4.74. The average Bonchev–Trinajstić information content (AvgIpc) is 3.08. The third-order valence-corrected chi connectivity index (χ3v) is 4.55. The van der Waals surface area contributed by atoms with Crippen molar-refractivity contribution in [2.24, 2.45) is 0 Å². The minimum atomic E-state index is -0.496. The molecule has 0 spiro atoms. The highest BCUT2D eigenvalue weighted by Gasteiger charge is 2.19. The number of fused-ring (bicyclic) bond motifs is 1. The largest absolute Gasteiger partial charge is 0.332 e. The minimum absolute atomic E-state index is 0.0818. The molecule has 7 nitrogen and oxygen atoms in total. The number of anilines is 1. The van der Waals surface area contributed by atoms with Crippen molar-refractivity contribution in [2.45, 2.75) is 6.54 Å². The van der Waals surface area contributed by atoms with Gasteiger partial charge in [-0.05, 0) is 30.3 Å². The molecule has 4 aromatic rings. The van der Waals surface area contributed by atoms with Gasteiger partial charge in [-0.3, -0.25) is 19.9 Å². The van der Waals surface area contributed by atoms with E-state index in [-0.39, 0.29) is 17.9 Å². The monoisotopic (exact) mass is 390 g/mol. The van der Waals surface area contributed by atoms with Crippen molar-refractivity contribution in [1.29, 1.82) is 0 Å². The van der Waals surface area contributed by atoms with E-state index in [0.29, 0.717) is 22.2 Å². The Morgan fingerprint density at radius 2 is 1.86 bits per heavy atom. The molecular formula is C21H15FN4O3. The van der Waals surface area contributed by atoms with Gasteiger partial charge in [-0.15, -0.1) is 0 Å². The van der Waals surface area contributed by atoms with E-state index in [0.717, 1.165) is 0 Å². The van der Waals surface area contributed by atoms with E-state index >= 15 is 0 Å². The summed E-state index contributed by atoms with van der Waals surface area (Å²) in [6, 6.07) is 15.5. The van der Waals surface area contributed by atoms with E-state index in [2.05, 4.69) is 10.3 Å². The van der Waals surface area contributed by atoms with Crippen LogP contribution in [0, 0.1) is 15.9 Å². The molecular weight excluding hydrogens is 375 g/mol. The molecule has 2 heterocycles. The quantitative estimate of drug-likeness (QED) is 0.404. The molecule has 0 saturated heterocycles. The zero-order chi connectivity index (χ0) is 20.4. The van der Waals surface area contributed by atoms with Crippen LogP contribution in [0.1, 0.15) is 16.1 Å².